The van der Waals surface area contributed by atoms with Gasteiger partial charge in [-0.1, -0.05) is 22.0 Å². The predicted molar refractivity (Wildman–Crippen MR) is 69.2 cm³/mol. The van der Waals surface area contributed by atoms with Gasteiger partial charge in [-0.25, -0.2) is 4.99 Å². The third-order valence-corrected chi connectivity index (χ3v) is 3.84. The lowest BCUT2D eigenvalue weighted by molar-refractivity contribution is 0.0507. The van der Waals surface area contributed by atoms with Crippen molar-refractivity contribution in [2.24, 2.45) is 4.99 Å². The van der Waals surface area contributed by atoms with Crippen LogP contribution >= 0.6 is 15.9 Å². The van der Waals surface area contributed by atoms with Gasteiger partial charge in [0.2, 0.25) is 5.90 Å². The van der Waals surface area contributed by atoms with E-state index in [9.17, 15) is 5.11 Å². The highest BCUT2D eigenvalue weighted by molar-refractivity contribution is 9.10. The molecule has 1 aromatic carbocycles. The quantitative estimate of drug-likeness (QED) is 0.865. The Bertz CT molecular complexity index is 460. The summed E-state index contributed by atoms with van der Waals surface area (Å²) in [5.74, 6) is 0.718. The van der Waals surface area contributed by atoms with Crippen molar-refractivity contribution >= 4 is 21.8 Å². The summed E-state index contributed by atoms with van der Waals surface area (Å²) in [6, 6.07) is 8.19. The summed E-state index contributed by atoms with van der Waals surface area (Å²) >= 11 is 3.44. The number of hydrogen-bond donors (Lipinski definition) is 1. The molecule has 1 aliphatic carbocycles. The van der Waals surface area contributed by atoms with E-state index >= 15 is 0 Å². The molecule has 0 spiro atoms. The molecular weight excluding hydrogens is 282 g/mol. The average molecular weight is 296 g/mol. The molecule has 17 heavy (non-hydrogen) atoms. The maximum atomic E-state index is 9.62. The minimum Gasteiger partial charge on any atom is -0.472 e. The Balaban J connectivity index is 1.82. The zero-order valence-corrected chi connectivity index (χ0v) is 10.9. The number of rotatable bonds is 1. The van der Waals surface area contributed by atoms with E-state index in [-0.39, 0.29) is 18.2 Å². The van der Waals surface area contributed by atoms with Crippen LogP contribution in [0.15, 0.2) is 33.7 Å². The van der Waals surface area contributed by atoms with Crippen LogP contribution in [0.2, 0.25) is 0 Å². The van der Waals surface area contributed by atoms with Crippen LogP contribution in [0.1, 0.15) is 24.8 Å². The number of fused-ring (bicyclic) bond motifs is 1. The number of benzene rings is 1. The normalized spacial score (nSPS) is 31.6. The summed E-state index contributed by atoms with van der Waals surface area (Å²) in [5, 5.41) is 9.62. The SMILES string of the molecule is OC1CCC2N=C(c3cccc(Br)c3)OC2C1. The van der Waals surface area contributed by atoms with Gasteiger partial charge >= 0.3 is 0 Å². The van der Waals surface area contributed by atoms with Crippen molar-refractivity contribution in [2.75, 3.05) is 0 Å². The summed E-state index contributed by atoms with van der Waals surface area (Å²) in [7, 11) is 0. The van der Waals surface area contributed by atoms with Crippen molar-refractivity contribution in [1.82, 2.24) is 0 Å². The Morgan fingerprint density at radius 3 is 3.06 bits per heavy atom. The molecule has 1 saturated carbocycles. The molecule has 1 fully saturated rings. The first-order chi connectivity index (χ1) is 8.22. The highest BCUT2D eigenvalue weighted by Gasteiger charge is 2.36. The van der Waals surface area contributed by atoms with Crippen molar-refractivity contribution in [3.63, 3.8) is 0 Å². The first-order valence-corrected chi connectivity index (χ1v) is 6.70. The fraction of sp³-hybridized carbons (Fsp3) is 0.462. The van der Waals surface area contributed by atoms with Gasteiger partial charge in [-0.3, -0.25) is 0 Å². The molecule has 4 heteroatoms. The molecule has 3 nitrogen and oxygen atoms in total. The van der Waals surface area contributed by atoms with Crippen LogP contribution in [0.5, 0.6) is 0 Å². The smallest absolute Gasteiger partial charge is 0.216 e. The Hall–Kier alpha value is -0.870. The first kappa shape index (κ1) is 11.2. The van der Waals surface area contributed by atoms with E-state index in [1.807, 2.05) is 24.3 Å². The van der Waals surface area contributed by atoms with Gasteiger partial charge in [-0.2, -0.15) is 0 Å². The molecule has 1 aliphatic heterocycles. The van der Waals surface area contributed by atoms with Crippen molar-refractivity contribution in [1.29, 1.82) is 0 Å². The van der Waals surface area contributed by atoms with Crippen LogP contribution in [-0.4, -0.2) is 29.3 Å². The number of ether oxygens (including phenoxy) is 1. The first-order valence-electron chi connectivity index (χ1n) is 5.91. The molecule has 0 saturated heterocycles. The Kier molecular flexibility index (Phi) is 2.92. The zero-order valence-electron chi connectivity index (χ0n) is 9.34. The highest BCUT2D eigenvalue weighted by Crippen LogP contribution is 2.30. The van der Waals surface area contributed by atoms with Crippen LogP contribution in [0.3, 0.4) is 0 Å². The van der Waals surface area contributed by atoms with E-state index in [1.54, 1.807) is 0 Å². The van der Waals surface area contributed by atoms with Crippen molar-refractivity contribution < 1.29 is 9.84 Å². The van der Waals surface area contributed by atoms with Gasteiger partial charge in [0.1, 0.15) is 6.10 Å². The number of aliphatic hydroxyl groups is 1. The van der Waals surface area contributed by atoms with Gasteiger partial charge in [0.15, 0.2) is 0 Å². The second-order valence-electron chi connectivity index (χ2n) is 4.64. The van der Waals surface area contributed by atoms with E-state index in [4.69, 9.17) is 4.74 Å². The van der Waals surface area contributed by atoms with E-state index in [0.29, 0.717) is 6.42 Å². The number of hydrogen-bond acceptors (Lipinski definition) is 3. The van der Waals surface area contributed by atoms with Crippen LogP contribution in [-0.2, 0) is 4.74 Å². The number of aliphatic imine (C=N–C) groups is 1. The lowest BCUT2D eigenvalue weighted by Gasteiger charge is -2.26. The van der Waals surface area contributed by atoms with Gasteiger partial charge in [0.05, 0.1) is 12.1 Å². The van der Waals surface area contributed by atoms with Crippen molar-refractivity contribution in [3.8, 4) is 0 Å². The van der Waals surface area contributed by atoms with E-state index in [1.165, 1.54) is 0 Å². The Morgan fingerprint density at radius 2 is 2.24 bits per heavy atom. The van der Waals surface area contributed by atoms with Crippen LogP contribution in [0.25, 0.3) is 0 Å². The molecule has 3 atom stereocenters. The van der Waals surface area contributed by atoms with Gasteiger partial charge in [-0.05, 0) is 31.0 Å². The van der Waals surface area contributed by atoms with Gasteiger partial charge in [0, 0.05) is 16.5 Å². The van der Waals surface area contributed by atoms with Crippen molar-refractivity contribution in [3.05, 3.63) is 34.3 Å². The van der Waals surface area contributed by atoms with Crippen LogP contribution in [0.4, 0.5) is 0 Å². The van der Waals surface area contributed by atoms with E-state index < -0.39 is 0 Å². The standard InChI is InChI=1S/C13H14BrNO2/c14-9-3-1-2-8(6-9)13-15-11-5-4-10(16)7-12(11)17-13/h1-3,6,10-12,16H,4-5,7H2. The minimum absolute atomic E-state index is 0.0627. The molecule has 1 heterocycles. The molecule has 90 valence electrons. The highest BCUT2D eigenvalue weighted by atomic mass is 79.9. The summed E-state index contributed by atoms with van der Waals surface area (Å²) in [5.41, 5.74) is 1.00. The molecule has 0 aromatic heterocycles. The topological polar surface area (TPSA) is 41.8 Å². The third kappa shape index (κ3) is 2.24. The molecule has 1 N–H and O–H groups in total. The second-order valence-corrected chi connectivity index (χ2v) is 5.55. The van der Waals surface area contributed by atoms with E-state index in [2.05, 4.69) is 20.9 Å². The second kappa shape index (κ2) is 4.42. The number of halogens is 1. The number of aliphatic hydroxyl groups excluding tert-OH is 1. The van der Waals surface area contributed by atoms with Gasteiger partial charge in [0.25, 0.3) is 0 Å². The molecule has 3 unspecified atom stereocenters. The zero-order chi connectivity index (χ0) is 11.8. The van der Waals surface area contributed by atoms with E-state index in [0.717, 1.165) is 28.8 Å². The van der Waals surface area contributed by atoms with Crippen LogP contribution in [0, 0.1) is 0 Å². The summed E-state index contributed by atoms with van der Waals surface area (Å²) in [6.07, 6.45) is 2.29. The molecule has 3 rings (SSSR count). The summed E-state index contributed by atoms with van der Waals surface area (Å²) < 4.78 is 6.87. The van der Waals surface area contributed by atoms with Crippen molar-refractivity contribution in [2.45, 2.75) is 37.5 Å². The fourth-order valence-corrected chi connectivity index (χ4v) is 2.85. The summed E-state index contributed by atoms with van der Waals surface area (Å²) in [4.78, 5) is 4.62. The molecular formula is C13H14BrNO2. The predicted octanol–water partition coefficient (Wildman–Crippen LogP) is 2.51. The van der Waals surface area contributed by atoms with Crippen LogP contribution < -0.4 is 0 Å². The molecule has 1 aromatic rings. The monoisotopic (exact) mass is 295 g/mol. The average Bonchev–Trinajstić information content (AvgIpc) is 2.72. The summed E-state index contributed by atoms with van der Waals surface area (Å²) in [6.45, 7) is 0. The third-order valence-electron chi connectivity index (χ3n) is 3.35. The molecule has 0 radical (unpaired) electrons. The lowest BCUT2D eigenvalue weighted by Crippen LogP contribution is -2.33. The maximum Gasteiger partial charge on any atom is 0.216 e. The Labute approximate surface area is 109 Å². The largest absolute Gasteiger partial charge is 0.472 e. The number of nitrogens with zero attached hydrogens (tertiary/aromatic N) is 1. The fourth-order valence-electron chi connectivity index (χ4n) is 2.45. The lowest BCUT2D eigenvalue weighted by atomic mass is 9.91. The Morgan fingerprint density at radius 1 is 1.35 bits per heavy atom. The molecule has 0 amide bonds. The molecule has 0 bridgehead atoms. The van der Waals surface area contributed by atoms with Gasteiger partial charge in [-0.15, -0.1) is 0 Å². The molecule has 2 aliphatic rings. The van der Waals surface area contributed by atoms with Gasteiger partial charge < -0.3 is 9.84 Å². The minimum atomic E-state index is -0.228. The maximum absolute atomic E-state index is 9.62.